The highest BCUT2D eigenvalue weighted by Crippen LogP contribution is 2.23. The average Bonchev–Trinajstić information content (AvgIpc) is 3.19. The predicted molar refractivity (Wildman–Crippen MR) is 118 cm³/mol. The second-order valence-electron chi connectivity index (χ2n) is 8.25. The van der Waals surface area contributed by atoms with Gasteiger partial charge in [0.05, 0.1) is 11.4 Å². The number of benzene rings is 1. The number of hydrogen-bond donors (Lipinski definition) is 1. The number of nitrogens with one attached hydrogen (secondary N) is 1. The second-order valence-corrected chi connectivity index (χ2v) is 8.25. The summed E-state index contributed by atoms with van der Waals surface area (Å²) in [6.07, 6.45) is 8.46. The van der Waals surface area contributed by atoms with E-state index in [1.807, 2.05) is 35.1 Å². The van der Waals surface area contributed by atoms with Gasteiger partial charge in [-0.25, -0.2) is 4.68 Å². The molecule has 1 aliphatic rings. The molecule has 0 aliphatic carbocycles. The monoisotopic (exact) mass is 389 g/mol. The molecule has 1 fully saturated rings. The van der Waals surface area contributed by atoms with Crippen molar-refractivity contribution in [2.24, 2.45) is 5.92 Å². The van der Waals surface area contributed by atoms with Gasteiger partial charge in [-0.15, -0.1) is 0 Å². The summed E-state index contributed by atoms with van der Waals surface area (Å²) in [5, 5.41) is 8.59. The zero-order chi connectivity index (χ0) is 20.1. The Morgan fingerprint density at radius 2 is 2.00 bits per heavy atom. The number of rotatable bonds is 7. The Morgan fingerprint density at radius 3 is 2.76 bits per heavy atom. The van der Waals surface area contributed by atoms with Crippen molar-refractivity contribution in [2.45, 2.75) is 39.3 Å². The lowest BCUT2D eigenvalue weighted by Crippen LogP contribution is -2.42. The molecule has 1 atom stereocenters. The lowest BCUT2D eigenvalue weighted by Gasteiger charge is -2.35. The average molecular weight is 390 g/mol. The number of likely N-dealkylation sites (tertiary alicyclic amines) is 1. The van der Waals surface area contributed by atoms with Crippen LogP contribution in [0, 0.1) is 5.92 Å². The van der Waals surface area contributed by atoms with E-state index in [-0.39, 0.29) is 0 Å². The smallest absolute Gasteiger partial charge is 0.0988 e. The minimum Gasteiger partial charge on any atom is -0.312 e. The Bertz CT molecular complexity index is 888. The van der Waals surface area contributed by atoms with E-state index >= 15 is 0 Å². The van der Waals surface area contributed by atoms with Gasteiger partial charge in [-0.3, -0.25) is 4.98 Å². The first-order valence-corrected chi connectivity index (χ1v) is 10.7. The fourth-order valence-corrected chi connectivity index (χ4v) is 4.14. The van der Waals surface area contributed by atoms with E-state index in [0.717, 1.165) is 36.0 Å². The molecule has 1 aromatic carbocycles. The molecule has 1 saturated heterocycles. The zero-order valence-electron chi connectivity index (χ0n) is 17.5. The highest BCUT2D eigenvalue weighted by atomic mass is 15.3. The summed E-state index contributed by atoms with van der Waals surface area (Å²) in [6, 6.07) is 15.0. The lowest BCUT2D eigenvalue weighted by molar-refractivity contribution is 0.138. The van der Waals surface area contributed by atoms with Gasteiger partial charge in [0.2, 0.25) is 0 Å². The summed E-state index contributed by atoms with van der Waals surface area (Å²) in [5.41, 5.74) is 4.34. The summed E-state index contributed by atoms with van der Waals surface area (Å²) in [4.78, 5) is 6.89. The summed E-state index contributed by atoms with van der Waals surface area (Å²) in [7, 11) is 0. The standard InChI is InChI=1S/C24H31N5/c1-19(2)28-13-7-8-20(17-28)14-26-16-22-18-29(23-10-4-3-5-11-23)27-24(22)21-9-6-12-25-15-21/h3-6,9-12,15,18-20,26H,7-8,13-14,16-17H2,1-2H3. The summed E-state index contributed by atoms with van der Waals surface area (Å²) in [5.74, 6) is 0.720. The number of para-hydroxylation sites is 1. The molecular weight excluding hydrogens is 358 g/mol. The van der Waals surface area contributed by atoms with Gasteiger partial charge in [0.15, 0.2) is 0 Å². The Kier molecular flexibility index (Phi) is 6.37. The molecule has 5 heteroatoms. The SMILES string of the molecule is CC(C)N1CCCC(CNCc2cn(-c3ccccc3)nc2-c2cccnc2)C1. The largest absolute Gasteiger partial charge is 0.312 e. The first-order chi connectivity index (χ1) is 14.2. The Labute approximate surface area is 173 Å². The van der Waals surface area contributed by atoms with E-state index in [0.29, 0.717) is 6.04 Å². The summed E-state index contributed by atoms with van der Waals surface area (Å²) >= 11 is 0. The molecule has 1 unspecified atom stereocenters. The van der Waals surface area contributed by atoms with Crippen LogP contribution in [0.5, 0.6) is 0 Å². The van der Waals surface area contributed by atoms with Crippen molar-refractivity contribution in [1.29, 1.82) is 0 Å². The van der Waals surface area contributed by atoms with Gasteiger partial charge in [-0.05, 0) is 70.0 Å². The summed E-state index contributed by atoms with van der Waals surface area (Å²) < 4.78 is 1.97. The number of aromatic nitrogens is 3. The first-order valence-electron chi connectivity index (χ1n) is 10.7. The summed E-state index contributed by atoms with van der Waals surface area (Å²) in [6.45, 7) is 8.90. The molecule has 0 saturated carbocycles. The van der Waals surface area contributed by atoms with Crippen molar-refractivity contribution in [2.75, 3.05) is 19.6 Å². The van der Waals surface area contributed by atoms with Crippen LogP contribution in [0.2, 0.25) is 0 Å². The first kappa shape index (κ1) is 19.8. The molecule has 3 aromatic rings. The molecule has 1 N–H and O–H groups in total. The maximum Gasteiger partial charge on any atom is 0.0988 e. The van der Waals surface area contributed by atoms with E-state index in [4.69, 9.17) is 5.10 Å². The molecule has 2 aromatic heterocycles. The predicted octanol–water partition coefficient (Wildman–Crippen LogP) is 4.14. The molecule has 0 radical (unpaired) electrons. The highest BCUT2D eigenvalue weighted by Gasteiger charge is 2.21. The van der Waals surface area contributed by atoms with E-state index < -0.39 is 0 Å². The Morgan fingerprint density at radius 1 is 1.14 bits per heavy atom. The third-order valence-corrected chi connectivity index (χ3v) is 5.77. The second kappa shape index (κ2) is 9.33. The van der Waals surface area contributed by atoms with Crippen LogP contribution in [0.1, 0.15) is 32.3 Å². The maximum atomic E-state index is 4.88. The Balaban J connectivity index is 1.48. The van der Waals surface area contributed by atoms with E-state index in [9.17, 15) is 0 Å². The zero-order valence-corrected chi connectivity index (χ0v) is 17.5. The molecule has 5 nitrogen and oxygen atoms in total. The number of piperidine rings is 1. The molecule has 3 heterocycles. The van der Waals surface area contributed by atoms with Gasteiger partial charge in [0.25, 0.3) is 0 Å². The fraction of sp³-hybridized carbons (Fsp3) is 0.417. The van der Waals surface area contributed by atoms with Crippen LogP contribution in [-0.2, 0) is 6.54 Å². The van der Waals surface area contributed by atoms with E-state index in [1.165, 1.54) is 31.5 Å². The van der Waals surface area contributed by atoms with Gasteiger partial charge in [0, 0.05) is 48.8 Å². The molecular formula is C24H31N5. The third kappa shape index (κ3) is 4.92. The number of hydrogen-bond acceptors (Lipinski definition) is 4. The minimum absolute atomic E-state index is 0.638. The van der Waals surface area contributed by atoms with Crippen LogP contribution in [0.15, 0.2) is 61.1 Å². The van der Waals surface area contributed by atoms with Crippen LogP contribution >= 0.6 is 0 Å². The van der Waals surface area contributed by atoms with E-state index in [2.05, 4.69) is 53.4 Å². The quantitative estimate of drug-likeness (QED) is 0.660. The van der Waals surface area contributed by atoms with Gasteiger partial charge < -0.3 is 10.2 Å². The molecule has 29 heavy (non-hydrogen) atoms. The van der Waals surface area contributed by atoms with Crippen molar-refractivity contribution < 1.29 is 0 Å². The lowest BCUT2D eigenvalue weighted by atomic mass is 9.97. The van der Waals surface area contributed by atoms with Crippen LogP contribution in [0.3, 0.4) is 0 Å². The topological polar surface area (TPSA) is 46.0 Å². The fourth-order valence-electron chi connectivity index (χ4n) is 4.14. The van der Waals surface area contributed by atoms with E-state index in [1.54, 1.807) is 6.20 Å². The van der Waals surface area contributed by atoms with Crippen LogP contribution in [0.4, 0.5) is 0 Å². The van der Waals surface area contributed by atoms with Crippen molar-refractivity contribution in [3.05, 3.63) is 66.6 Å². The molecule has 0 spiro atoms. The van der Waals surface area contributed by atoms with Gasteiger partial charge in [-0.1, -0.05) is 18.2 Å². The number of pyridine rings is 1. The van der Waals surface area contributed by atoms with Gasteiger partial charge in [-0.2, -0.15) is 5.10 Å². The molecule has 152 valence electrons. The normalized spacial score (nSPS) is 17.7. The number of nitrogens with zero attached hydrogens (tertiary/aromatic N) is 4. The third-order valence-electron chi connectivity index (χ3n) is 5.77. The van der Waals surface area contributed by atoms with Gasteiger partial charge in [0.1, 0.15) is 0 Å². The van der Waals surface area contributed by atoms with Crippen molar-refractivity contribution in [3.63, 3.8) is 0 Å². The van der Waals surface area contributed by atoms with Crippen molar-refractivity contribution in [1.82, 2.24) is 25.0 Å². The van der Waals surface area contributed by atoms with Crippen molar-refractivity contribution >= 4 is 0 Å². The minimum atomic E-state index is 0.638. The van der Waals surface area contributed by atoms with Crippen LogP contribution < -0.4 is 5.32 Å². The van der Waals surface area contributed by atoms with Crippen LogP contribution in [0.25, 0.3) is 16.9 Å². The highest BCUT2D eigenvalue weighted by molar-refractivity contribution is 5.62. The maximum absolute atomic E-state index is 4.88. The van der Waals surface area contributed by atoms with Crippen molar-refractivity contribution in [3.8, 4) is 16.9 Å². The molecule has 4 rings (SSSR count). The Hall–Kier alpha value is -2.50. The van der Waals surface area contributed by atoms with Crippen LogP contribution in [-0.4, -0.2) is 45.3 Å². The van der Waals surface area contributed by atoms with Gasteiger partial charge >= 0.3 is 0 Å². The molecule has 0 bridgehead atoms. The molecule has 1 aliphatic heterocycles. The molecule has 0 amide bonds.